The monoisotopic (exact) mass is 276 g/mol. The lowest BCUT2D eigenvalue weighted by molar-refractivity contribution is 0.0466. The second-order valence-corrected chi connectivity index (χ2v) is 5.04. The third-order valence-corrected chi connectivity index (χ3v) is 3.62. The molecule has 1 N–H and O–H groups in total. The second kappa shape index (κ2) is 4.87. The third kappa shape index (κ3) is 2.16. The highest BCUT2D eigenvalue weighted by Gasteiger charge is 2.31. The average Bonchev–Trinajstić information content (AvgIpc) is 2.86. The molecular formula is C16H14F2O2. The quantitative estimate of drug-likeness (QED) is 0.912. The normalized spacial score (nSPS) is 18.5. The topological polar surface area (TPSA) is 29.5 Å². The van der Waals surface area contributed by atoms with Crippen LogP contribution in [-0.2, 0) is 6.42 Å². The number of ether oxygens (including phenoxy) is 1. The molecule has 0 radical (unpaired) electrons. The fourth-order valence-corrected chi connectivity index (χ4v) is 2.49. The first-order valence-corrected chi connectivity index (χ1v) is 6.44. The molecule has 0 spiro atoms. The summed E-state index contributed by atoms with van der Waals surface area (Å²) in [5, 5.41) is 10.3. The van der Waals surface area contributed by atoms with Crippen LogP contribution < -0.4 is 4.74 Å². The molecule has 1 heterocycles. The Morgan fingerprint density at radius 3 is 2.70 bits per heavy atom. The highest BCUT2D eigenvalue weighted by molar-refractivity contribution is 5.38. The summed E-state index contributed by atoms with van der Waals surface area (Å²) in [5.41, 5.74) is 1.36. The number of aliphatic hydroxyl groups excluding tert-OH is 1. The Hall–Kier alpha value is -1.94. The number of benzene rings is 2. The van der Waals surface area contributed by atoms with E-state index in [0.29, 0.717) is 17.7 Å². The van der Waals surface area contributed by atoms with E-state index >= 15 is 0 Å². The van der Waals surface area contributed by atoms with Crippen LogP contribution in [0.3, 0.4) is 0 Å². The SMILES string of the molecule is Cc1cc(C(O)C2Cc3ccccc3O2)c(F)cc1F. The lowest BCUT2D eigenvalue weighted by Crippen LogP contribution is -2.24. The van der Waals surface area contributed by atoms with Crippen LogP contribution in [0.1, 0.15) is 22.8 Å². The van der Waals surface area contributed by atoms with Crippen LogP contribution in [0, 0.1) is 18.6 Å². The van der Waals surface area contributed by atoms with Crippen LogP contribution in [-0.4, -0.2) is 11.2 Å². The highest BCUT2D eigenvalue weighted by atomic mass is 19.1. The van der Waals surface area contributed by atoms with Crippen molar-refractivity contribution in [2.75, 3.05) is 0 Å². The maximum atomic E-state index is 13.8. The molecule has 2 aromatic carbocycles. The van der Waals surface area contributed by atoms with E-state index in [1.165, 1.54) is 13.0 Å². The number of halogens is 2. The van der Waals surface area contributed by atoms with Crippen molar-refractivity contribution >= 4 is 0 Å². The van der Waals surface area contributed by atoms with E-state index in [-0.39, 0.29) is 5.56 Å². The Kier molecular flexibility index (Phi) is 3.18. The maximum Gasteiger partial charge on any atom is 0.133 e. The summed E-state index contributed by atoms with van der Waals surface area (Å²) in [5.74, 6) is -0.662. The molecule has 1 aliphatic rings. The summed E-state index contributed by atoms with van der Waals surface area (Å²) in [7, 11) is 0. The zero-order valence-corrected chi connectivity index (χ0v) is 10.9. The number of rotatable bonds is 2. The average molecular weight is 276 g/mol. The van der Waals surface area contributed by atoms with Crippen molar-refractivity contribution in [3.63, 3.8) is 0 Å². The fraction of sp³-hybridized carbons (Fsp3) is 0.250. The first-order valence-electron chi connectivity index (χ1n) is 6.44. The predicted molar refractivity (Wildman–Crippen MR) is 70.6 cm³/mol. The molecule has 0 bridgehead atoms. The molecule has 1 aliphatic heterocycles. The number of fused-ring (bicyclic) bond motifs is 1. The van der Waals surface area contributed by atoms with Gasteiger partial charge in [0.25, 0.3) is 0 Å². The molecule has 0 fully saturated rings. The highest BCUT2D eigenvalue weighted by Crippen LogP contribution is 2.35. The van der Waals surface area contributed by atoms with Gasteiger partial charge in [-0.2, -0.15) is 0 Å². The first kappa shape index (κ1) is 13.1. The van der Waals surface area contributed by atoms with E-state index in [0.717, 1.165) is 11.6 Å². The first-order chi connectivity index (χ1) is 9.56. The van der Waals surface area contributed by atoms with Gasteiger partial charge in [0.15, 0.2) is 0 Å². The van der Waals surface area contributed by atoms with E-state index in [9.17, 15) is 13.9 Å². The van der Waals surface area contributed by atoms with Crippen molar-refractivity contribution in [2.24, 2.45) is 0 Å². The van der Waals surface area contributed by atoms with Gasteiger partial charge in [-0.3, -0.25) is 0 Å². The van der Waals surface area contributed by atoms with Crippen LogP contribution in [0.25, 0.3) is 0 Å². The molecule has 0 aliphatic carbocycles. The van der Waals surface area contributed by atoms with E-state index in [4.69, 9.17) is 4.74 Å². The van der Waals surface area contributed by atoms with Gasteiger partial charge in [-0.05, 0) is 30.2 Å². The molecule has 20 heavy (non-hydrogen) atoms. The van der Waals surface area contributed by atoms with Crippen LogP contribution >= 0.6 is 0 Å². The van der Waals surface area contributed by atoms with Crippen LogP contribution in [0.2, 0.25) is 0 Å². The van der Waals surface area contributed by atoms with Gasteiger partial charge in [0.1, 0.15) is 29.6 Å². The minimum absolute atomic E-state index is 0.0710. The van der Waals surface area contributed by atoms with Crippen molar-refractivity contribution in [1.82, 2.24) is 0 Å². The van der Waals surface area contributed by atoms with E-state index in [2.05, 4.69) is 0 Å². The van der Waals surface area contributed by atoms with Gasteiger partial charge in [0.05, 0.1) is 0 Å². The molecule has 0 saturated carbocycles. The van der Waals surface area contributed by atoms with Gasteiger partial charge < -0.3 is 9.84 Å². The summed E-state index contributed by atoms with van der Waals surface area (Å²) in [6, 6.07) is 9.59. The third-order valence-electron chi connectivity index (χ3n) is 3.62. The Balaban J connectivity index is 1.88. The minimum atomic E-state index is -1.12. The van der Waals surface area contributed by atoms with Crippen molar-refractivity contribution in [3.05, 3.63) is 64.7 Å². The zero-order valence-electron chi connectivity index (χ0n) is 10.9. The summed E-state index contributed by atoms with van der Waals surface area (Å²) < 4.78 is 32.7. The molecule has 2 unspecified atom stereocenters. The van der Waals surface area contributed by atoms with Crippen LogP contribution in [0.4, 0.5) is 8.78 Å². The van der Waals surface area contributed by atoms with Crippen LogP contribution in [0.15, 0.2) is 36.4 Å². The molecule has 2 nitrogen and oxygen atoms in total. The van der Waals surface area contributed by atoms with Gasteiger partial charge in [0, 0.05) is 18.1 Å². The molecule has 104 valence electrons. The molecular weight excluding hydrogens is 262 g/mol. The smallest absolute Gasteiger partial charge is 0.133 e. The lowest BCUT2D eigenvalue weighted by Gasteiger charge is -2.19. The molecule has 0 aromatic heterocycles. The Labute approximate surface area is 115 Å². The predicted octanol–water partition coefficient (Wildman–Crippen LogP) is 3.31. The van der Waals surface area contributed by atoms with Gasteiger partial charge in [0.2, 0.25) is 0 Å². The Morgan fingerprint density at radius 2 is 1.95 bits per heavy atom. The second-order valence-electron chi connectivity index (χ2n) is 5.04. The van der Waals surface area contributed by atoms with Crippen molar-refractivity contribution in [1.29, 1.82) is 0 Å². The standard InChI is InChI=1S/C16H14F2O2/c1-9-6-11(13(18)8-12(9)17)16(19)15-7-10-4-2-3-5-14(10)20-15/h2-6,8,15-16,19H,7H2,1H3. The summed E-state index contributed by atoms with van der Waals surface area (Å²) in [6.45, 7) is 1.54. The van der Waals surface area contributed by atoms with E-state index in [1.807, 2.05) is 24.3 Å². The maximum absolute atomic E-state index is 13.8. The van der Waals surface area contributed by atoms with Gasteiger partial charge >= 0.3 is 0 Å². The summed E-state index contributed by atoms with van der Waals surface area (Å²) in [6.07, 6.45) is -1.17. The van der Waals surface area contributed by atoms with Crippen molar-refractivity contribution in [2.45, 2.75) is 25.6 Å². The number of aryl methyl sites for hydroxylation is 1. The Bertz CT molecular complexity index is 630. The number of hydrogen-bond donors (Lipinski definition) is 1. The van der Waals surface area contributed by atoms with Crippen LogP contribution in [0.5, 0.6) is 5.75 Å². The number of hydrogen-bond acceptors (Lipinski definition) is 2. The molecule has 4 heteroatoms. The lowest BCUT2D eigenvalue weighted by atomic mass is 9.98. The number of para-hydroxylation sites is 1. The molecule has 0 saturated heterocycles. The van der Waals surface area contributed by atoms with Gasteiger partial charge in [-0.1, -0.05) is 18.2 Å². The molecule has 0 amide bonds. The molecule has 2 aromatic rings. The van der Waals surface area contributed by atoms with Crippen molar-refractivity contribution in [3.8, 4) is 5.75 Å². The summed E-state index contributed by atoms with van der Waals surface area (Å²) in [4.78, 5) is 0. The Morgan fingerprint density at radius 1 is 1.20 bits per heavy atom. The van der Waals surface area contributed by atoms with Gasteiger partial charge in [-0.15, -0.1) is 0 Å². The summed E-state index contributed by atoms with van der Waals surface area (Å²) >= 11 is 0. The number of aliphatic hydroxyl groups is 1. The van der Waals surface area contributed by atoms with E-state index in [1.54, 1.807) is 0 Å². The van der Waals surface area contributed by atoms with Gasteiger partial charge in [-0.25, -0.2) is 8.78 Å². The molecule has 2 atom stereocenters. The zero-order chi connectivity index (χ0) is 14.3. The fourth-order valence-electron chi connectivity index (χ4n) is 2.49. The van der Waals surface area contributed by atoms with E-state index < -0.39 is 23.8 Å². The molecule has 3 rings (SSSR count). The van der Waals surface area contributed by atoms with Crippen molar-refractivity contribution < 1.29 is 18.6 Å². The minimum Gasteiger partial charge on any atom is -0.487 e. The largest absolute Gasteiger partial charge is 0.487 e.